The molecule has 1 aliphatic rings. The van der Waals surface area contributed by atoms with Crippen LogP contribution in [-0.4, -0.2) is 61.9 Å². The van der Waals surface area contributed by atoms with Gasteiger partial charge >= 0.3 is 0 Å². The van der Waals surface area contributed by atoms with Crippen LogP contribution in [0.4, 0.5) is 5.82 Å². The molecule has 0 unspecified atom stereocenters. The highest BCUT2D eigenvalue weighted by atomic mass is 127. The molecule has 0 spiro atoms. The number of thioether (sulfide) groups is 1. The third-order valence-electron chi connectivity index (χ3n) is 5.31. The summed E-state index contributed by atoms with van der Waals surface area (Å²) in [6.45, 7) is 10.6. The van der Waals surface area contributed by atoms with Crippen LogP contribution in [0.15, 0.2) is 46.4 Å². The van der Waals surface area contributed by atoms with Crippen molar-refractivity contribution in [3.05, 3.63) is 53.2 Å². The van der Waals surface area contributed by atoms with Crippen LogP contribution in [0.5, 0.6) is 0 Å². The van der Waals surface area contributed by atoms with Gasteiger partial charge in [0.2, 0.25) is 0 Å². The molecule has 170 valence electrons. The summed E-state index contributed by atoms with van der Waals surface area (Å²) in [5.41, 5.74) is 3.74. The fourth-order valence-electron chi connectivity index (χ4n) is 3.54. The maximum Gasteiger partial charge on any atom is 0.191 e. The Labute approximate surface area is 208 Å². The minimum Gasteiger partial charge on any atom is -0.357 e. The third kappa shape index (κ3) is 7.54. The number of guanidine groups is 1. The zero-order chi connectivity index (χ0) is 21.3. The predicted octanol–water partition coefficient (Wildman–Crippen LogP) is 3.74. The normalized spacial score (nSPS) is 14.8. The van der Waals surface area contributed by atoms with Crippen LogP contribution >= 0.6 is 35.7 Å². The highest BCUT2D eigenvalue weighted by molar-refractivity contribution is 14.0. The largest absolute Gasteiger partial charge is 0.357 e. The fraction of sp³-hybridized carbons (Fsp3) is 0.478. The van der Waals surface area contributed by atoms with E-state index in [0.717, 1.165) is 44.5 Å². The molecule has 1 saturated heterocycles. The Bertz CT molecular complexity index is 852. The zero-order valence-electron chi connectivity index (χ0n) is 19.0. The van der Waals surface area contributed by atoms with Crippen LogP contribution in [0, 0.1) is 6.92 Å². The molecule has 31 heavy (non-hydrogen) atoms. The van der Waals surface area contributed by atoms with Gasteiger partial charge in [0.05, 0.1) is 6.54 Å². The van der Waals surface area contributed by atoms with Crippen molar-refractivity contribution in [3.8, 4) is 0 Å². The van der Waals surface area contributed by atoms with E-state index in [-0.39, 0.29) is 24.0 Å². The van der Waals surface area contributed by atoms with Gasteiger partial charge in [-0.15, -0.1) is 35.7 Å². The maximum atomic E-state index is 4.83. The van der Waals surface area contributed by atoms with Gasteiger partial charge in [-0.3, -0.25) is 0 Å². The van der Waals surface area contributed by atoms with Gasteiger partial charge in [0.1, 0.15) is 5.82 Å². The Morgan fingerprint density at radius 3 is 2.61 bits per heavy atom. The second-order valence-corrected chi connectivity index (χ2v) is 8.49. The average molecular weight is 555 g/mol. The van der Waals surface area contributed by atoms with Crippen LogP contribution in [0.2, 0.25) is 0 Å². The first-order chi connectivity index (χ1) is 14.6. The van der Waals surface area contributed by atoms with E-state index in [4.69, 9.17) is 4.99 Å². The van der Waals surface area contributed by atoms with Crippen molar-refractivity contribution in [1.82, 2.24) is 20.5 Å². The second kappa shape index (κ2) is 13.1. The first-order valence-corrected chi connectivity index (χ1v) is 11.9. The molecule has 0 saturated carbocycles. The Morgan fingerprint density at radius 1 is 1.13 bits per heavy atom. The minimum atomic E-state index is 0. The van der Waals surface area contributed by atoms with Gasteiger partial charge in [-0.2, -0.15) is 0 Å². The number of aliphatic imine (C=N–C) groups is 1. The molecule has 0 atom stereocenters. The highest BCUT2D eigenvalue weighted by Gasteiger charge is 2.18. The first-order valence-electron chi connectivity index (χ1n) is 10.6. The molecule has 0 amide bonds. The summed E-state index contributed by atoms with van der Waals surface area (Å²) in [6, 6.07) is 10.7. The second-order valence-electron chi connectivity index (χ2n) is 7.64. The van der Waals surface area contributed by atoms with E-state index in [1.54, 1.807) is 11.8 Å². The SMILES string of the molecule is CCNC(=NCc1ccc(C)cc1SC)NCc1cccnc1N1CCN(C)CC1.I. The topological polar surface area (TPSA) is 55.8 Å². The zero-order valence-corrected chi connectivity index (χ0v) is 22.2. The number of rotatable bonds is 7. The van der Waals surface area contributed by atoms with Gasteiger partial charge in [0.15, 0.2) is 5.96 Å². The minimum absolute atomic E-state index is 0. The summed E-state index contributed by atoms with van der Waals surface area (Å²) >= 11 is 1.78. The van der Waals surface area contributed by atoms with E-state index >= 15 is 0 Å². The molecule has 3 rings (SSSR count). The van der Waals surface area contributed by atoms with Crippen molar-refractivity contribution < 1.29 is 0 Å². The lowest BCUT2D eigenvalue weighted by Gasteiger charge is -2.34. The molecule has 8 heteroatoms. The van der Waals surface area contributed by atoms with E-state index in [1.807, 2.05) is 12.3 Å². The highest BCUT2D eigenvalue weighted by Crippen LogP contribution is 2.22. The molecule has 1 aromatic carbocycles. The number of likely N-dealkylation sites (N-methyl/N-ethyl adjacent to an activating group) is 1. The molecule has 6 nitrogen and oxygen atoms in total. The molecule has 1 aromatic heterocycles. The molecule has 2 heterocycles. The molecular weight excluding hydrogens is 519 g/mol. The number of hydrogen-bond donors (Lipinski definition) is 2. The summed E-state index contributed by atoms with van der Waals surface area (Å²) in [5, 5.41) is 6.87. The van der Waals surface area contributed by atoms with Crippen molar-refractivity contribution in [2.75, 3.05) is 50.9 Å². The first kappa shape index (κ1) is 25.7. The Hall–Kier alpha value is -1.52. The number of piperazine rings is 1. The van der Waals surface area contributed by atoms with Crippen molar-refractivity contribution in [3.63, 3.8) is 0 Å². The van der Waals surface area contributed by atoms with E-state index in [0.29, 0.717) is 13.1 Å². The van der Waals surface area contributed by atoms with E-state index < -0.39 is 0 Å². The predicted molar refractivity (Wildman–Crippen MR) is 144 cm³/mol. The Morgan fingerprint density at radius 2 is 1.90 bits per heavy atom. The smallest absolute Gasteiger partial charge is 0.191 e. The van der Waals surface area contributed by atoms with Gasteiger partial charge in [0, 0.05) is 55.9 Å². The summed E-state index contributed by atoms with van der Waals surface area (Å²) < 4.78 is 0. The Balaban J connectivity index is 0.00000341. The number of nitrogens with zero attached hydrogens (tertiary/aromatic N) is 4. The van der Waals surface area contributed by atoms with Gasteiger partial charge in [0.25, 0.3) is 0 Å². The third-order valence-corrected chi connectivity index (χ3v) is 6.13. The average Bonchev–Trinajstić information content (AvgIpc) is 2.77. The number of anilines is 1. The molecule has 1 aliphatic heterocycles. The number of aryl methyl sites for hydroxylation is 1. The number of halogens is 1. The van der Waals surface area contributed by atoms with Crippen molar-refractivity contribution in [1.29, 1.82) is 0 Å². The number of benzene rings is 1. The summed E-state index contributed by atoms with van der Waals surface area (Å²) in [5.74, 6) is 1.91. The Kier molecular flexibility index (Phi) is 10.9. The van der Waals surface area contributed by atoms with Crippen LogP contribution in [0.3, 0.4) is 0 Å². The van der Waals surface area contributed by atoms with E-state index in [1.165, 1.54) is 21.6 Å². The fourth-order valence-corrected chi connectivity index (χ4v) is 4.24. The molecule has 2 N–H and O–H groups in total. The van der Waals surface area contributed by atoms with Crippen molar-refractivity contribution in [2.24, 2.45) is 4.99 Å². The van der Waals surface area contributed by atoms with Crippen LogP contribution in [0.1, 0.15) is 23.6 Å². The molecule has 2 aromatic rings. The van der Waals surface area contributed by atoms with Gasteiger partial charge in [-0.05, 0) is 50.4 Å². The van der Waals surface area contributed by atoms with Crippen LogP contribution in [0.25, 0.3) is 0 Å². The number of pyridine rings is 1. The van der Waals surface area contributed by atoms with Gasteiger partial charge in [-0.1, -0.05) is 18.2 Å². The van der Waals surface area contributed by atoms with Gasteiger partial charge < -0.3 is 20.4 Å². The van der Waals surface area contributed by atoms with Crippen LogP contribution < -0.4 is 15.5 Å². The molecular formula is C23H35IN6S. The quantitative estimate of drug-likeness (QED) is 0.236. The summed E-state index contributed by atoms with van der Waals surface area (Å²) in [7, 11) is 2.17. The maximum absolute atomic E-state index is 4.83. The molecule has 1 fully saturated rings. The molecule has 0 radical (unpaired) electrons. The van der Waals surface area contributed by atoms with E-state index in [9.17, 15) is 0 Å². The molecule has 0 bridgehead atoms. The summed E-state index contributed by atoms with van der Waals surface area (Å²) in [4.78, 5) is 15.6. The van der Waals surface area contributed by atoms with Crippen LogP contribution in [-0.2, 0) is 13.1 Å². The lowest BCUT2D eigenvalue weighted by Crippen LogP contribution is -2.45. The lowest BCUT2D eigenvalue weighted by molar-refractivity contribution is 0.312. The summed E-state index contributed by atoms with van der Waals surface area (Å²) in [6.07, 6.45) is 4.01. The number of nitrogens with one attached hydrogen (secondary N) is 2. The number of aromatic nitrogens is 1. The van der Waals surface area contributed by atoms with Gasteiger partial charge in [-0.25, -0.2) is 9.98 Å². The standard InChI is InChI=1S/C23H34N6S.HI/c1-5-24-23(26-16-19-9-8-18(2)15-21(19)30-4)27-17-20-7-6-10-25-22(20)29-13-11-28(3)12-14-29;/h6-10,15H,5,11-14,16-17H2,1-4H3,(H2,24,26,27);1H. The van der Waals surface area contributed by atoms with Crippen molar-refractivity contribution in [2.45, 2.75) is 31.8 Å². The van der Waals surface area contributed by atoms with E-state index in [2.05, 4.69) is 76.8 Å². The number of hydrogen-bond acceptors (Lipinski definition) is 5. The monoisotopic (exact) mass is 554 g/mol. The molecule has 0 aliphatic carbocycles. The van der Waals surface area contributed by atoms with Crippen molar-refractivity contribution >= 4 is 47.5 Å². The lowest BCUT2D eigenvalue weighted by atomic mass is 10.1.